The molecule has 17 heavy (non-hydrogen) atoms. The molecule has 0 aliphatic carbocycles. The van der Waals surface area contributed by atoms with Crippen molar-refractivity contribution in [1.29, 1.82) is 0 Å². The first-order valence-corrected chi connectivity index (χ1v) is 7.67. The van der Waals surface area contributed by atoms with E-state index in [-0.39, 0.29) is 10.6 Å². The standard InChI is InChI=1S/C13H11Br2FS/c1-7-3-4-9(6-11(7)16)12(15)13-10(14)5-8(2)17-13/h3-6,12H,1-2H3. The second kappa shape index (κ2) is 5.21. The fourth-order valence-corrected chi connectivity index (χ4v) is 4.60. The highest BCUT2D eigenvalue weighted by atomic mass is 79.9. The second-order valence-electron chi connectivity index (χ2n) is 3.94. The van der Waals surface area contributed by atoms with Crippen molar-refractivity contribution in [2.24, 2.45) is 0 Å². The molecule has 0 radical (unpaired) electrons. The Balaban J connectivity index is 2.40. The molecule has 0 saturated heterocycles. The number of rotatable bonds is 2. The van der Waals surface area contributed by atoms with E-state index in [0.29, 0.717) is 5.56 Å². The monoisotopic (exact) mass is 376 g/mol. The number of aryl methyl sites for hydroxylation is 2. The third-order valence-corrected chi connectivity index (χ3v) is 5.88. The van der Waals surface area contributed by atoms with E-state index in [1.165, 1.54) is 9.75 Å². The summed E-state index contributed by atoms with van der Waals surface area (Å²) in [7, 11) is 0. The molecule has 2 rings (SSSR count). The molecular weight excluding hydrogens is 367 g/mol. The minimum Gasteiger partial charge on any atom is -0.207 e. The maximum absolute atomic E-state index is 13.5. The van der Waals surface area contributed by atoms with Gasteiger partial charge in [0.15, 0.2) is 0 Å². The van der Waals surface area contributed by atoms with Crippen LogP contribution >= 0.6 is 43.2 Å². The fraction of sp³-hybridized carbons (Fsp3) is 0.231. The lowest BCUT2D eigenvalue weighted by Gasteiger charge is -2.10. The summed E-state index contributed by atoms with van der Waals surface area (Å²) in [4.78, 5) is 2.44. The number of thiophene rings is 1. The molecule has 1 unspecified atom stereocenters. The Morgan fingerprint density at radius 1 is 1.24 bits per heavy atom. The van der Waals surface area contributed by atoms with Crippen LogP contribution in [0, 0.1) is 19.7 Å². The Kier molecular flexibility index (Phi) is 4.06. The zero-order valence-electron chi connectivity index (χ0n) is 9.43. The SMILES string of the molecule is Cc1cc(Br)c(C(Br)c2ccc(C)c(F)c2)s1. The topological polar surface area (TPSA) is 0 Å². The first-order valence-electron chi connectivity index (χ1n) is 5.15. The molecule has 0 aliphatic rings. The van der Waals surface area contributed by atoms with Crippen LogP contribution in [0.25, 0.3) is 0 Å². The summed E-state index contributed by atoms with van der Waals surface area (Å²) in [5.74, 6) is -0.156. The summed E-state index contributed by atoms with van der Waals surface area (Å²) in [5, 5.41) is 0. The molecule has 0 saturated carbocycles. The van der Waals surface area contributed by atoms with Crippen LogP contribution in [0.15, 0.2) is 28.7 Å². The lowest BCUT2D eigenvalue weighted by Crippen LogP contribution is -1.93. The van der Waals surface area contributed by atoms with Crippen molar-refractivity contribution < 1.29 is 4.39 Å². The predicted molar refractivity (Wildman–Crippen MR) is 78.7 cm³/mol. The first kappa shape index (κ1) is 13.2. The summed E-state index contributed by atoms with van der Waals surface area (Å²) in [6.07, 6.45) is 0. The average Bonchev–Trinajstić information content (AvgIpc) is 2.61. The minimum absolute atomic E-state index is 0.0330. The Morgan fingerprint density at radius 2 is 1.94 bits per heavy atom. The Hall–Kier alpha value is -0.190. The lowest BCUT2D eigenvalue weighted by molar-refractivity contribution is 0.616. The Morgan fingerprint density at radius 3 is 2.47 bits per heavy atom. The fourth-order valence-electron chi connectivity index (χ4n) is 1.59. The molecule has 1 heterocycles. The van der Waals surface area contributed by atoms with Gasteiger partial charge in [0.05, 0.1) is 4.83 Å². The number of hydrogen-bond donors (Lipinski definition) is 0. The number of alkyl halides is 1. The van der Waals surface area contributed by atoms with E-state index in [0.717, 1.165) is 10.0 Å². The van der Waals surface area contributed by atoms with Gasteiger partial charge in [-0.05, 0) is 53.0 Å². The van der Waals surface area contributed by atoms with Crippen LogP contribution in [-0.2, 0) is 0 Å². The van der Waals surface area contributed by atoms with Crippen LogP contribution in [0.1, 0.15) is 25.7 Å². The molecule has 0 amide bonds. The highest BCUT2D eigenvalue weighted by molar-refractivity contribution is 9.11. The van der Waals surface area contributed by atoms with Gasteiger partial charge in [0, 0.05) is 14.2 Å². The van der Waals surface area contributed by atoms with Crippen molar-refractivity contribution in [2.45, 2.75) is 18.7 Å². The summed E-state index contributed by atoms with van der Waals surface area (Å²) in [6.45, 7) is 3.84. The van der Waals surface area contributed by atoms with Gasteiger partial charge < -0.3 is 0 Å². The molecule has 1 aromatic heterocycles. The van der Waals surface area contributed by atoms with Crippen molar-refractivity contribution in [1.82, 2.24) is 0 Å². The number of hydrogen-bond acceptors (Lipinski definition) is 1. The van der Waals surface area contributed by atoms with E-state index < -0.39 is 0 Å². The van der Waals surface area contributed by atoms with E-state index in [4.69, 9.17) is 0 Å². The van der Waals surface area contributed by atoms with E-state index in [2.05, 4.69) is 44.8 Å². The highest BCUT2D eigenvalue weighted by Crippen LogP contribution is 2.40. The van der Waals surface area contributed by atoms with Gasteiger partial charge in [-0.25, -0.2) is 4.39 Å². The molecular formula is C13H11Br2FS. The van der Waals surface area contributed by atoms with Gasteiger partial charge in [0.2, 0.25) is 0 Å². The summed E-state index contributed by atoms with van der Waals surface area (Å²) in [5.41, 5.74) is 1.62. The number of halogens is 3. The van der Waals surface area contributed by atoms with Gasteiger partial charge in [0.1, 0.15) is 5.82 Å². The maximum Gasteiger partial charge on any atom is 0.126 e. The van der Waals surface area contributed by atoms with E-state index >= 15 is 0 Å². The van der Waals surface area contributed by atoms with Crippen LogP contribution in [0.2, 0.25) is 0 Å². The quantitative estimate of drug-likeness (QED) is 0.584. The van der Waals surface area contributed by atoms with E-state index in [1.807, 2.05) is 12.1 Å². The lowest BCUT2D eigenvalue weighted by atomic mass is 10.1. The third kappa shape index (κ3) is 2.80. The van der Waals surface area contributed by atoms with Crippen LogP contribution < -0.4 is 0 Å². The molecule has 2 aromatic rings. The Bertz CT molecular complexity index is 548. The highest BCUT2D eigenvalue weighted by Gasteiger charge is 2.17. The third-order valence-electron chi connectivity index (χ3n) is 2.56. The molecule has 0 N–H and O–H groups in total. The molecule has 1 atom stereocenters. The minimum atomic E-state index is -0.156. The van der Waals surface area contributed by atoms with Gasteiger partial charge in [-0.2, -0.15) is 0 Å². The average molecular weight is 378 g/mol. The largest absolute Gasteiger partial charge is 0.207 e. The van der Waals surface area contributed by atoms with E-state index in [9.17, 15) is 4.39 Å². The van der Waals surface area contributed by atoms with Crippen molar-refractivity contribution in [2.75, 3.05) is 0 Å². The van der Waals surface area contributed by atoms with Crippen LogP contribution in [0.3, 0.4) is 0 Å². The van der Waals surface area contributed by atoms with Crippen LogP contribution in [-0.4, -0.2) is 0 Å². The first-order chi connectivity index (χ1) is 7.99. The van der Waals surface area contributed by atoms with Crippen LogP contribution in [0.5, 0.6) is 0 Å². The smallest absolute Gasteiger partial charge is 0.126 e. The van der Waals surface area contributed by atoms with Gasteiger partial charge in [-0.3, -0.25) is 0 Å². The zero-order chi connectivity index (χ0) is 12.6. The summed E-state index contributed by atoms with van der Waals surface area (Å²) < 4.78 is 14.6. The number of benzene rings is 1. The maximum atomic E-state index is 13.5. The molecule has 4 heteroatoms. The van der Waals surface area contributed by atoms with Crippen molar-refractivity contribution in [3.05, 3.63) is 55.4 Å². The van der Waals surface area contributed by atoms with Gasteiger partial charge in [-0.15, -0.1) is 11.3 Å². The van der Waals surface area contributed by atoms with Crippen molar-refractivity contribution in [3.63, 3.8) is 0 Å². The molecule has 90 valence electrons. The van der Waals surface area contributed by atoms with Gasteiger partial charge in [-0.1, -0.05) is 28.1 Å². The van der Waals surface area contributed by atoms with Gasteiger partial charge in [0.25, 0.3) is 0 Å². The van der Waals surface area contributed by atoms with Crippen molar-refractivity contribution >= 4 is 43.2 Å². The van der Waals surface area contributed by atoms with Gasteiger partial charge >= 0.3 is 0 Å². The molecule has 1 aromatic carbocycles. The molecule has 0 fully saturated rings. The van der Waals surface area contributed by atoms with Crippen LogP contribution in [0.4, 0.5) is 4.39 Å². The normalized spacial score (nSPS) is 12.8. The zero-order valence-corrected chi connectivity index (χ0v) is 13.4. The predicted octanol–water partition coefficient (Wildman–Crippen LogP) is 5.75. The molecule has 0 nitrogen and oxygen atoms in total. The molecule has 0 spiro atoms. The Labute approximate surface area is 121 Å². The summed E-state index contributed by atoms with van der Waals surface area (Å²) in [6, 6.07) is 7.45. The van der Waals surface area contributed by atoms with Crippen molar-refractivity contribution in [3.8, 4) is 0 Å². The second-order valence-corrected chi connectivity index (χ2v) is 7.00. The molecule has 0 aliphatic heterocycles. The summed E-state index contributed by atoms with van der Waals surface area (Å²) >= 11 is 8.88. The molecule has 0 bridgehead atoms. The van der Waals surface area contributed by atoms with E-state index in [1.54, 1.807) is 24.3 Å².